The van der Waals surface area contributed by atoms with E-state index in [1.54, 1.807) is 55.5 Å². The van der Waals surface area contributed by atoms with Crippen LogP contribution in [0.5, 0.6) is 5.75 Å². The summed E-state index contributed by atoms with van der Waals surface area (Å²) in [7, 11) is 1.67. The summed E-state index contributed by atoms with van der Waals surface area (Å²) in [6, 6.07) is 15.9. The van der Waals surface area contributed by atoms with Gasteiger partial charge in [-0.05, 0) is 80.1 Å². The molecule has 13 heteroatoms. The minimum Gasteiger partial charge on any atom is -1.00 e. The Labute approximate surface area is 281 Å². The van der Waals surface area contributed by atoms with Gasteiger partial charge in [-0.15, -0.1) is 16.0 Å². The Morgan fingerprint density at radius 1 is 1.17 bits per heavy atom. The van der Waals surface area contributed by atoms with Crippen LogP contribution in [0.1, 0.15) is 45.7 Å². The van der Waals surface area contributed by atoms with Crippen molar-refractivity contribution in [2.45, 2.75) is 45.4 Å². The van der Waals surface area contributed by atoms with E-state index in [0.29, 0.717) is 28.6 Å². The van der Waals surface area contributed by atoms with E-state index in [2.05, 4.69) is 16.5 Å². The molecule has 0 saturated carbocycles. The fourth-order valence-electron chi connectivity index (χ4n) is 5.39. The van der Waals surface area contributed by atoms with Gasteiger partial charge in [-0.1, -0.05) is 19.1 Å². The molecule has 5 rings (SSSR count). The third-order valence-corrected chi connectivity index (χ3v) is 8.80. The fraction of sp³-hybridized carbons (Fsp3) is 0.265. The number of ether oxygens (including phenoxy) is 1. The van der Waals surface area contributed by atoms with E-state index in [9.17, 15) is 14.3 Å². The number of benzene rings is 3. The average molecular weight is 679 g/mol. The standard InChI is InChI=1S/C34H33F2N6O3S.ClH/c1-21-11-25(12-22(2)32(21)45-31(43)15-38-4)16-41-19-39-42(20-41)18-34(44,28-13-27(35)9-10-29(28)36)23(3)33-40-30(17-46-33)26-7-5-24(14-37)6-8-26;/h5-13,17,19-20,23,38,44H,15-16,18H2,1-4H3;1H/q+1;/p-1/t23-,34+;/m0./s1. The van der Waals surface area contributed by atoms with Crippen LogP contribution in [0.15, 0.2) is 72.6 Å². The van der Waals surface area contributed by atoms with Gasteiger partial charge in [-0.3, -0.25) is 4.79 Å². The van der Waals surface area contributed by atoms with Crippen LogP contribution in [-0.4, -0.2) is 39.4 Å². The Bertz CT molecular complexity index is 1900. The molecule has 0 spiro atoms. The molecule has 0 aliphatic rings. The molecule has 0 aliphatic carbocycles. The number of aliphatic hydroxyl groups is 1. The van der Waals surface area contributed by atoms with Gasteiger partial charge in [0, 0.05) is 27.5 Å². The molecular formula is C34H33ClF2N6O3S. The lowest BCUT2D eigenvalue weighted by Crippen LogP contribution is -3.00. The number of aromatic nitrogens is 4. The van der Waals surface area contributed by atoms with Crippen molar-refractivity contribution in [1.29, 1.82) is 5.26 Å². The first-order valence-corrected chi connectivity index (χ1v) is 15.4. The van der Waals surface area contributed by atoms with E-state index in [0.717, 1.165) is 40.5 Å². The number of esters is 1. The van der Waals surface area contributed by atoms with Gasteiger partial charge in [-0.25, -0.2) is 18.3 Å². The Morgan fingerprint density at radius 3 is 2.53 bits per heavy atom. The van der Waals surface area contributed by atoms with Crippen molar-refractivity contribution < 1.29 is 40.4 Å². The summed E-state index contributed by atoms with van der Waals surface area (Å²) in [5.74, 6) is -2.05. The molecular weight excluding hydrogens is 646 g/mol. The van der Waals surface area contributed by atoms with E-state index in [4.69, 9.17) is 15.0 Å². The first-order valence-electron chi connectivity index (χ1n) is 14.5. The highest BCUT2D eigenvalue weighted by Gasteiger charge is 2.43. The second-order valence-electron chi connectivity index (χ2n) is 11.2. The first-order chi connectivity index (χ1) is 22.0. The first kappa shape index (κ1) is 35.3. The normalized spacial score (nSPS) is 12.9. The molecule has 2 atom stereocenters. The second-order valence-corrected chi connectivity index (χ2v) is 12.1. The Kier molecular flexibility index (Phi) is 11.2. The maximum absolute atomic E-state index is 15.3. The Morgan fingerprint density at radius 2 is 1.87 bits per heavy atom. The van der Waals surface area contributed by atoms with Crippen LogP contribution in [-0.2, 0) is 23.5 Å². The Balaban J connectivity index is 0.00000500. The smallest absolute Gasteiger partial charge is 0.325 e. The number of aryl methyl sites for hydroxylation is 2. The summed E-state index contributed by atoms with van der Waals surface area (Å²) < 4.78 is 38.5. The average Bonchev–Trinajstić information content (AvgIpc) is 3.70. The second kappa shape index (κ2) is 14.9. The molecule has 47 heavy (non-hydrogen) atoms. The molecule has 244 valence electrons. The summed E-state index contributed by atoms with van der Waals surface area (Å²) in [5, 5.41) is 30.9. The largest absolute Gasteiger partial charge is 1.00 e. The van der Waals surface area contributed by atoms with Crippen molar-refractivity contribution in [3.05, 3.63) is 117 Å². The molecule has 0 radical (unpaired) electrons. The number of carbonyl (C=O) groups excluding carboxylic acids is 1. The van der Waals surface area contributed by atoms with Crippen LogP contribution < -0.4 is 27.0 Å². The molecule has 0 unspecified atom stereocenters. The van der Waals surface area contributed by atoms with Crippen LogP contribution >= 0.6 is 11.3 Å². The van der Waals surface area contributed by atoms with E-state index in [1.165, 1.54) is 16.0 Å². The highest BCUT2D eigenvalue weighted by molar-refractivity contribution is 7.10. The van der Waals surface area contributed by atoms with Crippen molar-refractivity contribution in [3.63, 3.8) is 0 Å². The number of nitrogens with one attached hydrogen (secondary N) is 1. The molecule has 0 fully saturated rings. The van der Waals surface area contributed by atoms with Gasteiger partial charge in [0.05, 0.1) is 35.4 Å². The van der Waals surface area contributed by atoms with Gasteiger partial charge in [0.15, 0.2) is 0 Å². The van der Waals surface area contributed by atoms with Crippen molar-refractivity contribution >= 4 is 17.3 Å². The lowest BCUT2D eigenvalue weighted by molar-refractivity contribution is -0.689. The lowest BCUT2D eigenvalue weighted by atomic mass is 9.82. The van der Waals surface area contributed by atoms with Crippen molar-refractivity contribution in [2.75, 3.05) is 13.6 Å². The molecule has 2 heterocycles. The molecule has 0 bridgehead atoms. The minimum atomic E-state index is -1.93. The number of carbonyl (C=O) groups is 1. The number of halogens is 3. The zero-order chi connectivity index (χ0) is 33.0. The van der Waals surface area contributed by atoms with Crippen LogP contribution in [0.3, 0.4) is 0 Å². The summed E-state index contributed by atoms with van der Waals surface area (Å²) in [4.78, 5) is 16.7. The quantitative estimate of drug-likeness (QED) is 0.125. The van der Waals surface area contributed by atoms with Crippen molar-refractivity contribution in [2.24, 2.45) is 0 Å². The van der Waals surface area contributed by atoms with Gasteiger partial charge < -0.3 is 27.6 Å². The van der Waals surface area contributed by atoms with E-state index >= 15 is 4.39 Å². The summed E-state index contributed by atoms with van der Waals surface area (Å²) in [6.45, 7) is 5.79. The zero-order valence-electron chi connectivity index (χ0n) is 26.2. The van der Waals surface area contributed by atoms with E-state index in [1.807, 2.05) is 31.4 Å². The third kappa shape index (κ3) is 7.89. The summed E-state index contributed by atoms with van der Waals surface area (Å²) in [6.07, 6.45) is 3.27. The van der Waals surface area contributed by atoms with E-state index < -0.39 is 23.2 Å². The number of hydrogen-bond acceptors (Lipinski definition) is 8. The molecule has 9 nitrogen and oxygen atoms in total. The molecule has 3 aromatic carbocycles. The predicted octanol–water partition coefficient (Wildman–Crippen LogP) is 1.93. The lowest BCUT2D eigenvalue weighted by Gasteiger charge is -2.32. The van der Waals surface area contributed by atoms with Crippen LogP contribution in [0.25, 0.3) is 11.3 Å². The van der Waals surface area contributed by atoms with E-state index in [-0.39, 0.29) is 37.0 Å². The van der Waals surface area contributed by atoms with Gasteiger partial charge in [0.2, 0.25) is 6.33 Å². The third-order valence-electron chi connectivity index (χ3n) is 7.77. The molecule has 0 amide bonds. The van der Waals surface area contributed by atoms with Gasteiger partial charge in [-0.2, -0.15) is 5.26 Å². The molecule has 5 aromatic rings. The van der Waals surface area contributed by atoms with Crippen LogP contribution in [0.4, 0.5) is 8.78 Å². The number of nitriles is 1. The van der Waals surface area contributed by atoms with Crippen LogP contribution in [0.2, 0.25) is 0 Å². The maximum Gasteiger partial charge on any atom is 0.325 e. The molecule has 0 aliphatic heterocycles. The van der Waals surface area contributed by atoms with Crippen LogP contribution in [0, 0.1) is 36.8 Å². The monoisotopic (exact) mass is 678 g/mol. The fourth-order valence-corrected chi connectivity index (χ4v) is 6.37. The summed E-state index contributed by atoms with van der Waals surface area (Å²) in [5.41, 5.74) is 2.37. The molecule has 2 N–H and O–H groups in total. The minimum absolute atomic E-state index is 0. The van der Waals surface area contributed by atoms with Crippen molar-refractivity contribution in [1.82, 2.24) is 20.1 Å². The van der Waals surface area contributed by atoms with Gasteiger partial charge in [0.25, 0.3) is 6.33 Å². The highest BCUT2D eigenvalue weighted by atomic mass is 35.5. The SMILES string of the molecule is CNCC(=O)Oc1c(C)cc(C[n+]2cnn(C[C@](O)(c3cc(F)ccc3F)[C@@H](C)c3nc(-c4ccc(C#N)cc4)cs3)c2)cc1C.[Cl-]. The number of nitrogens with zero attached hydrogens (tertiary/aromatic N) is 5. The maximum atomic E-state index is 15.3. The van der Waals surface area contributed by atoms with Gasteiger partial charge in [0.1, 0.15) is 29.5 Å². The number of rotatable bonds is 11. The van der Waals surface area contributed by atoms with Gasteiger partial charge >= 0.3 is 5.97 Å². The summed E-state index contributed by atoms with van der Waals surface area (Å²) >= 11 is 1.30. The molecule has 0 saturated heterocycles. The number of hydrogen-bond donors (Lipinski definition) is 2. The van der Waals surface area contributed by atoms with Crippen molar-refractivity contribution in [3.8, 4) is 23.1 Å². The predicted molar refractivity (Wildman–Crippen MR) is 168 cm³/mol. The molecule has 2 aromatic heterocycles. The zero-order valence-corrected chi connectivity index (χ0v) is 27.7. The topological polar surface area (TPSA) is 117 Å². The number of thiazole rings is 1. The highest BCUT2D eigenvalue weighted by Crippen LogP contribution is 2.41. The Hall–Kier alpha value is -4.54. The number of likely N-dealkylation sites (N-methyl/N-ethyl adjacent to an activating group) is 1.